The summed E-state index contributed by atoms with van der Waals surface area (Å²) in [5.41, 5.74) is -0.644. The van der Waals surface area contributed by atoms with Crippen LogP contribution in [0.15, 0.2) is 16.7 Å². The molecule has 8 nitrogen and oxygen atoms in total. The minimum atomic E-state index is -0.644. The molecule has 4 heterocycles. The zero-order chi connectivity index (χ0) is 19.3. The van der Waals surface area contributed by atoms with Gasteiger partial charge in [-0.2, -0.15) is 4.98 Å². The van der Waals surface area contributed by atoms with Crippen molar-refractivity contribution in [3.8, 4) is 0 Å². The number of hydrogen-bond acceptors (Lipinski definition) is 6. The lowest BCUT2D eigenvalue weighted by molar-refractivity contribution is -0.142. The van der Waals surface area contributed by atoms with Crippen molar-refractivity contribution < 1.29 is 18.8 Å². The van der Waals surface area contributed by atoms with Gasteiger partial charge in [-0.25, -0.2) is 0 Å². The SMILES string of the molecule is CCCN1C[C@]23C=C[C@H](O2)[C@H](C(=O)N(C)Cc2noc(C(C)C)n2)[C@@H]3C1=O. The van der Waals surface area contributed by atoms with Crippen molar-refractivity contribution in [1.29, 1.82) is 0 Å². The minimum Gasteiger partial charge on any atom is -0.360 e. The molecule has 0 radical (unpaired) electrons. The summed E-state index contributed by atoms with van der Waals surface area (Å²) in [7, 11) is 1.71. The first-order chi connectivity index (χ1) is 12.9. The maximum Gasteiger partial charge on any atom is 0.230 e. The monoisotopic (exact) mass is 374 g/mol. The van der Waals surface area contributed by atoms with E-state index < -0.39 is 17.4 Å². The van der Waals surface area contributed by atoms with E-state index in [1.807, 2.05) is 37.8 Å². The van der Waals surface area contributed by atoms with Gasteiger partial charge in [0.2, 0.25) is 17.7 Å². The smallest absolute Gasteiger partial charge is 0.230 e. The lowest BCUT2D eigenvalue weighted by Crippen LogP contribution is -2.44. The lowest BCUT2D eigenvalue weighted by atomic mass is 9.76. The second-order valence-electron chi connectivity index (χ2n) is 8.06. The molecular weight excluding hydrogens is 348 g/mol. The molecule has 4 atom stereocenters. The van der Waals surface area contributed by atoms with Crippen LogP contribution in [0.1, 0.15) is 44.8 Å². The molecule has 4 rings (SSSR count). The lowest BCUT2D eigenvalue weighted by Gasteiger charge is -2.27. The van der Waals surface area contributed by atoms with Gasteiger partial charge < -0.3 is 19.1 Å². The molecule has 0 aliphatic carbocycles. The Morgan fingerprint density at radius 2 is 2.26 bits per heavy atom. The molecule has 2 amide bonds. The number of aromatic nitrogens is 2. The Morgan fingerprint density at radius 1 is 1.48 bits per heavy atom. The third-order valence-corrected chi connectivity index (χ3v) is 5.69. The Hall–Kier alpha value is -2.22. The summed E-state index contributed by atoms with van der Waals surface area (Å²) in [6.07, 6.45) is 4.46. The first-order valence-corrected chi connectivity index (χ1v) is 9.59. The number of carbonyl (C=O) groups excluding carboxylic acids is 2. The van der Waals surface area contributed by atoms with E-state index >= 15 is 0 Å². The topological polar surface area (TPSA) is 88.8 Å². The number of carbonyl (C=O) groups is 2. The Morgan fingerprint density at radius 3 is 2.93 bits per heavy atom. The van der Waals surface area contributed by atoms with Gasteiger partial charge in [-0.05, 0) is 6.42 Å². The molecule has 3 aliphatic heterocycles. The molecule has 1 spiro atoms. The average Bonchev–Trinajstić information content (AvgIpc) is 3.36. The fraction of sp³-hybridized carbons (Fsp3) is 0.684. The van der Waals surface area contributed by atoms with Crippen LogP contribution in [-0.4, -0.2) is 63.6 Å². The molecule has 2 saturated heterocycles. The first-order valence-electron chi connectivity index (χ1n) is 9.59. The standard InChI is InChI=1S/C19H26N4O4/c1-5-8-23-10-19-7-6-12(26-19)14(15(19)18(23)25)17(24)22(4)9-13-20-16(11(2)3)27-21-13/h6-7,11-12,14-15H,5,8-10H2,1-4H3/t12-,14-,15+,19-/m0/s1. The molecule has 27 heavy (non-hydrogen) atoms. The summed E-state index contributed by atoms with van der Waals surface area (Å²) in [6, 6.07) is 0. The van der Waals surface area contributed by atoms with Gasteiger partial charge in [0.05, 0.1) is 31.0 Å². The van der Waals surface area contributed by atoms with Crippen LogP contribution < -0.4 is 0 Å². The van der Waals surface area contributed by atoms with Crippen molar-refractivity contribution in [3.05, 3.63) is 23.9 Å². The predicted molar refractivity (Wildman–Crippen MR) is 95.5 cm³/mol. The molecule has 3 aliphatic rings. The first kappa shape index (κ1) is 18.2. The molecule has 1 aromatic heterocycles. The van der Waals surface area contributed by atoms with E-state index in [1.165, 1.54) is 0 Å². The van der Waals surface area contributed by atoms with E-state index in [2.05, 4.69) is 10.1 Å². The van der Waals surface area contributed by atoms with Crippen LogP contribution in [0.4, 0.5) is 0 Å². The van der Waals surface area contributed by atoms with E-state index in [4.69, 9.17) is 9.26 Å². The van der Waals surface area contributed by atoms with Crippen molar-refractivity contribution in [2.75, 3.05) is 20.1 Å². The summed E-state index contributed by atoms with van der Waals surface area (Å²) in [5, 5.41) is 3.95. The zero-order valence-electron chi connectivity index (χ0n) is 16.2. The fourth-order valence-electron chi connectivity index (χ4n) is 4.43. The molecule has 0 saturated carbocycles. The quantitative estimate of drug-likeness (QED) is 0.698. The van der Waals surface area contributed by atoms with Crippen molar-refractivity contribution in [2.24, 2.45) is 11.8 Å². The Labute approximate surface area is 158 Å². The molecule has 1 aromatic rings. The highest BCUT2D eigenvalue weighted by atomic mass is 16.5. The second kappa shape index (κ2) is 6.44. The Kier molecular flexibility index (Phi) is 4.33. The van der Waals surface area contributed by atoms with Crippen molar-refractivity contribution in [1.82, 2.24) is 19.9 Å². The van der Waals surface area contributed by atoms with Gasteiger partial charge in [0.1, 0.15) is 5.60 Å². The van der Waals surface area contributed by atoms with Crippen molar-refractivity contribution in [3.63, 3.8) is 0 Å². The van der Waals surface area contributed by atoms with Crippen LogP contribution in [-0.2, 0) is 20.9 Å². The summed E-state index contributed by atoms with van der Waals surface area (Å²) < 4.78 is 11.3. The summed E-state index contributed by atoms with van der Waals surface area (Å²) in [6.45, 7) is 7.45. The molecular formula is C19H26N4O4. The van der Waals surface area contributed by atoms with Gasteiger partial charge in [0.15, 0.2) is 5.82 Å². The molecule has 146 valence electrons. The number of likely N-dealkylation sites (tertiary alicyclic amines) is 1. The summed E-state index contributed by atoms with van der Waals surface area (Å²) >= 11 is 0. The number of fused-ring (bicyclic) bond motifs is 1. The van der Waals surface area contributed by atoms with E-state index in [0.717, 1.165) is 6.42 Å². The van der Waals surface area contributed by atoms with Crippen LogP contribution in [0.5, 0.6) is 0 Å². The van der Waals surface area contributed by atoms with Crippen LogP contribution in [0, 0.1) is 11.8 Å². The number of rotatable bonds is 6. The third-order valence-electron chi connectivity index (χ3n) is 5.69. The van der Waals surface area contributed by atoms with Gasteiger partial charge in [0, 0.05) is 19.5 Å². The van der Waals surface area contributed by atoms with E-state index in [-0.39, 0.29) is 30.4 Å². The predicted octanol–water partition coefficient (Wildman–Crippen LogP) is 1.34. The van der Waals surface area contributed by atoms with Gasteiger partial charge in [0.25, 0.3) is 0 Å². The highest BCUT2D eigenvalue weighted by molar-refractivity contribution is 5.92. The molecule has 2 fully saturated rings. The van der Waals surface area contributed by atoms with E-state index in [1.54, 1.807) is 11.9 Å². The number of ether oxygens (including phenoxy) is 1. The number of hydrogen-bond donors (Lipinski definition) is 0. The number of amides is 2. The third kappa shape index (κ3) is 2.77. The second-order valence-corrected chi connectivity index (χ2v) is 8.06. The summed E-state index contributed by atoms with van der Waals surface area (Å²) in [5.74, 6) is 0.135. The largest absolute Gasteiger partial charge is 0.360 e. The van der Waals surface area contributed by atoms with E-state index in [9.17, 15) is 9.59 Å². The summed E-state index contributed by atoms with van der Waals surface area (Å²) in [4.78, 5) is 33.8. The van der Waals surface area contributed by atoms with Crippen LogP contribution in [0.2, 0.25) is 0 Å². The fourth-order valence-corrected chi connectivity index (χ4v) is 4.43. The van der Waals surface area contributed by atoms with Gasteiger partial charge in [-0.15, -0.1) is 0 Å². The highest BCUT2D eigenvalue weighted by Crippen LogP contribution is 2.52. The van der Waals surface area contributed by atoms with Crippen molar-refractivity contribution >= 4 is 11.8 Å². The van der Waals surface area contributed by atoms with Gasteiger partial charge >= 0.3 is 0 Å². The van der Waals surface area contributed by atoms with Crippen molar-refractivity contribution in [2.45, 2.75) is 51.4 Å². The van der Waals surface area contributed by atoms with Crippen LogP contribution in [0.25, 0.3) is 0 Å². The Bertz CT molecular complexity index is 788. The molecule has 2 bridgehead atoms. The average molecular weight is 374 g/mol. The van der Waals surface area contributed by atoms with Gasteiger partial charge in [-0.3, -0.25) is 9.59 Å². The molecule has 0 N–H and O–H groups in total. The maximum atomic E-state index is 13.2. The Balaban J connectivity index is 1.51. The van der Waals surface area contributed by atoms with Crippen LogP contribution >= 0.6 is 0 Å². The highest BCUT2D eigenvalue weighted by Gasteiger charge is 2.66. The minimum absolute atomic E-state index is 0.0251. The van der Waals surface area contributed by atoms with Gasteiger partial charge in [-0.1, -0.05) is 38.1 Å². The normalized spacial score (nSPS) is 31.2. The van der Waals surface area contributed by atoms with Crippen LogP contribution in [0.3, 0.4) is 0 Å². The zero-order valence-corrected chi connectivity index (χ0v) is 16.2. The molecule has 8 heteroatoms. The maximum absolute atomic E-state index is 13.2. The molecule has 0 unspecified atom stereocenters. The molecule has 0 aromatic carbocycles. The van der Waals surface area contributed by atoms with E-state index in [0.29, 0.717) is 24.8 Å². The number of nitrogens with zero attached hydrogens (tertiary/aromatic N) is 4.